The minimum atomic E-state index is -0.798. The van der Waals surface area contributed by atoms with Gasteiger partial charge in [0.1, 0.15) is 5.41 Å². The molecule has 0 atom stereocenters. The Labute approximate surface area is 106 Å². The molecule has 0 heterocycles. The summed E-state index contributed by atoms with van der Waals surface area (Å²) in [5.74, 6) is 0.431. The molecule has 0 aliphatic rings. The molecule has 0 unspecified atom stereocenters. The molecule has 0 fully saturated rings. The van der Waals surface area contributed by atoms with Crippen molar-refractivity contribution in [2.75, 3.05) is 13.6 Å². The van der Waals surface area contributed by atoms with Gasteiger partial charge in [-0.1, -0.05) is 40.5 Å². The van der Waals surface area contributed by atoms with Crippen LogP contribution in [0.4, 0.5) is 0 Å². The Bertz CT molecular complexity index is 272. The van der Waals surface area contributed by atoms with E-state index < -0.39 is 5.41 Å². The quantitative estimate of drug-likeness (QED) is 0.683. The van der Waals surface area contributed by atoms with Crippen LogP contribution in [0.5, 0.6) is 0 Å². The van der Waals surface area contributed by atoms with E-state index in [2.05, 4.69) is 19.9 Å². The Kier molecular flexibility index (Phi) is 6.87. The molecule has 3 nitrogen and oxygen atoms in total. The third kappa shape index (κ3) is 4.38. The highest BCUT2D eigenvalue weighted by Gasteiger charge is 2.38. The zero-order chi connectivity index (χ0) is 13.5. The first-order valence-electron chi connectivity index (χ1n) is 6.60. The smallest absolute Gasteiger partial charge is 0.242 e. The van der Waals surface area contributed by atoms with Gasteiger partial charge in [0.25, 0.3) is 0 Å². The monoisotopic (exact) mass is 238 g/mol. The summed E-state index contributed by atoms with van der Waals surface area (Å²) in [6.45, 7) is 8.93. The van der Waals surface area contributed by atoms with Crippen LogP contribution < -0.4 is 0 Å². The van der Waals surface area contributed by atoms with E-state index in [1.165, 1.54) is 0 Å². The standard InChI is InChI=1S/C14H26N2O/c1-6-8-14(11-15,9-7-2)13(17)16(5)10-12(3)4/h12H,6-10H2,1-5H3. The lowest BCUT2D eigenvalue weighted by molar-refractivity contribution is -0.139. The van der Waals surface area contributed by atoms with Crippen LogP contribution in [0.15, 0.2) is 0 Å². The van der Waals surface area contributed by atoms with Crippen molar-refractivity contribution >= 4 is 5.91 Å². The minimum Gasteiger partial charge on any atom is -0.344 e. The van der Waals surface area contributed by atoms with Gasteiger partial charge in [-0.3, -0.25) is 4.79 Å². The van der Waals surface area contributed by atoms with Crippen molar-refractivity contribution in [2.45, 2.75) is 53.4 Å². The van der Waals surface area contributed by atoms with Crippen LogP contribution in [-0.2, 0) is 4.79 Å². The molecule has 0 saturated carbocycles. The normalized spacial score (nSPS) is 11.4. The van der Waals surface area contributed by atoms with Crippen molar-refractivity contribution in [1.29, 1.82) is 5.26 Å². The number of nitriles is 1. The molecular weight excluding hydrogens is 212 g/mol. The first-order valence-corrected chi connectivity index (χ1v) is 6.60. The first kappa shape index (κ1) is 16.0. The van der Waals surface area contributed by atoms with Crippen LogP contribution in [0, 0.1) is 22.7 Å². The molecular formula is C14H26N2O. The first-order chi connectivity index (χ1) is 7.93. The van der Waals surface area contributed by atoms with Crippen LogP contribution >= 0.6 is 0 Å². The lowest BCUT2D eigenvalue weighted by Crippen LogP contribution is -2.42. The van der Waals surface area contributed by atoms with Crippen molar-refractivity contribution in [2.24, 2.45) is 11.3 Å². The lowest BCUT2D eigenvalue weighted by atomic mass is 9.79. The summed E-state index contributed by atoms with van der Waals surface area (Å²) in [5, 5.41) is 9.39. The van der Waals surface area contributed by atoms with Crippen LogP contribution in [0.2, 0.25) is 0 Å². The van der Waals surface area contributed by atoms with E-state index in [1.807, 2.05) is 13.8 Å². The van der Waals surface area contributed by atoms with Gasteiger partial charge >= 0.3 is 0 Å². The molecule has 0 radical (unpaired) electrons. The van der Waals surface area contributed by atoms with E-state index >= 15 is 0 Å². The van der Waals surface area contributed by atoms with Gasteiger partial charge in [0.05, 0.1) is 6.07 Å². The van der Waals surface area contributed by atoms with Gasteiger partial charge < -0.3 is 4.90 Å². The summed E-state index contributed by atoms with van der Waals surface area (Å²) < 4.78 is 0. The Balaban J connectivity index is 4.91. The van der Waals surface area contributed by atoms with Crippen molar-refractivity contribution < 1.29 is 4.79 Å². The van der Waals surface area contributed by atoms with E-state index in [-0.39, 0.29) is 5.91 Å². The van der Waals surface area contributed by atoms with E-state index in [9.17, 15) is 10.1 Å². The largest absolute Gasteiger partial charge is 0.344 e. The molecule has 0 aliphatic carbocycles. The SMILES string of the molecule is CCCC(C#N)(CCC)C(=O)N(C)CC(C)C. The molecule has 98 valence electrons. The van der Waals surface area contributed by atoms with Gasteiger partial charge in [0, 0.05) is 13.6 Å². The van der Waals surface area contributed by atoms with Crippen LogP contribution in [0.1, 0.15) is 53.4 Å². The highest BCUT2D eigenvalue weighted by molar-refractivity contribution is 5.85. The maximum atomic E-state index is 12.4. The fourth-order valence-corrected chi connectivity index (χ4v) is 2.35. The predicted molar refractivity (Wildman–Crippen MR) is 70.3 cm³/mol. The fourth-order valence-electron chi connectivity index (χ4n) is 2.35. The number of carbonyl (C=O) groups is 1. The predicted octanol–water partition coefficient (Wildman–Crippen LogP) is 3.21. The van der Waals surface area contributed by atoms with Crippen LogP contribution in [-0.4, -0.2) is 24.4 Å². The van der Waals surface area contributed by atoms with Gasteiger partial charge in [0.2, 0.25) is 5.91 Å². The second-order valence-corrected chi connectivity index (χ2v) is 5.27. The summed E-state index contributed by atoms with van der Waals surface area (Å²) >= 11 is 0. The molecule has 0 saturated heterocycles. The average molecular weight is 238 g/mol. The summed E-state index contributed by atoms with van der Waals surface area (Å²) in [6, 6.07) is 2.28. The molecule has 0 bridgehead atoms. The number of carbonyl (C=O) groups excluding carboxylic acids is 1. The Hall–Kier alpha value is -1.04. The molecule has 1 amide bonds. The number of amides is 1. The highest BCUT2D eigenvalue weighted by atomic mass is 16.2. The minimum absolute atomic E-state index is 0.00241. The molecule has 0 aliphatic heterocycles. The third-order valence-corrected chi connectivity index (χ3v) is 2.96. The van der Waals surface area contributed by atoms with Crippen LogP contribution in [0.25, 0.3) is 0 Å². The summed E-state index contributed by atoms with van der Waals surface area (Å²) in [6.07, 6.45) is 3.07. The molecule has 0 N–H and O–H groups in total. The lowest BCUT2D eigenvalue weighted by Gasteiger charge is -2.30. The Morgan fingerprint density at radius 2 is 1.76 bits per heavy atom. The van der Waals surface area contributed by atoms with Gasteiger partial charge in [-0.2, -0.15) is 5.26 Å². The molecule has 0 spiro atoms. The van der Waals surface area contributed by atoms with E-state index in [1.54, 1.807) is 11.9 Å². The molecule has 3 heteroatoms. The zero-order valence-electron chi connectivity index (χ0n) is 11.9. The van der Waals surface area contributed by atoms with Crippen molar-refractivity contribution in [3.63, 3.8) is 0 Å². The highest BCUT2D eigenvalue weighted by Crippen LogP contribution is 2.31. The summed E-state index contributed by atoms with van der Waals surface area (Å²) in [5.41, 5.74) is -0.798. The van der Waals surface area contributed by atoms with Gasteiger partial charge in [0.15, 0.2) is 0 Å². The number of hydrogen-bond donors (Lipinski definition) is 0. The molecule has 0 aromatic heterocycles. The maximum absolute atomic E-state index is 12.4. The van der Waals surface area contributed by atoms with E-state index in [0.717, 1.165) is 19.4 Å². The molecule has 0 rings (SSSR count). The van der Waals surface area contributed by atoms with E-state index in [4.69, 9.17) is 0 Å². The topological polar surface area (TPSA) is 44.1 Å². The molecule has 0 aromatic carbocycles. The van der Waals surface area contributed by atoms with Crippen LogP contribution in [0.3, 0.4) is 0 Å². The Morgan fingerprint density at radius 1 is 1.29 bits per heavy atom. The molecule has 0 aromatic rings. The summed E-state index contributed by atoms with van der Waals surface area (Å²) in [7, 11) is 1.81. The van der Waals surface area contributed by atoms with Gasteiger partial charge in [-0.25, -0.2) is 0 Å². The number of hydrogen-bond acceptors (Lipinski definition) is 2. The van der Waals surface area contributed by atoms with Crippen molar-refractivity contribution in [1.82, 2.24) is 4.90 Å². The summed E-state index contributed by atoms with van der Waals surface area (Å²) in [4.78, 5) is 14.1. The second kappa shape index (κ2) is 7.32. The Morgan fingerprint density at radius 3 is 2.06 bits per heavy atom. The number of nitrogens with zero attached hydrogens (tertiary/aromatic N) is 2. The second-order valence-electron chi connectivity index (χ2n) is 5.27. The van der Waals surface area contributed by atoms with Crippen molar-refractivity contribution in [3.05, 3.63) is 0 Å². The zero-order valence-corrected chi connectivity index (χ0v) is 11.9. The third-order valence-electron chi connectivity index (χ3n) is 2.96. The maximum Gasteiger partial charge on any atom is 0.242 e. The molecule has 17 heavy (non-hydrogen) atoms. The van der Waals surface area contributed by atoms with Gasteiger partial charge in [-0.15, -0.1) is 0 Å². The number of rotatable bonds is 7. The fraction of sp³-hybridized carbons (Fsp3) is 0.857. The van der Waals surface area contributed by atoms with Gasteiger partial charge in [-0.05, 0) is 18.8 Å². The average Bonchev–Trinajstić information content (AvgIpc) is 2.26. The van der Waals surface area contributed by atoms with Crippen molar-refractivity contribution in [3.8, 4) is 6.07 Å². The van der Waals surface area contributed by atoms with E-state index in [0.29, 0.717) is 18.8 Å².